The molecular formula is C36H31N. The van der Waals surface area contributed by atoms with Crippen LogP contribution in [-0.2, 0) is 5.41 Å². The number of aryl methyl sites for hydroxylation is 1. The van der Waals surface area contributed by atoms with E-state index in [0.717, 1.165) is 23.5 Å². The van der Waals surface area contributed by atoms with E-state index < -0.39 is 0 Å². The standard InChI is InChI=1S/C36H31N/c1-27-11-12-31-26-35(20-15-30(31)25-27)37(33-18-13-29(14-19-33)28-9-5-3-6-10-28)34-21-16-32(17-22-34)36(2)23-7-4-8-24-36/h3-23,25-26H,24H2,1-2H3. The van der Waals surface area contributed by atoms with Crippen LogP contribution >= 0.6 is 0 Å². The summed E-state index contributed by atoms with van der Waals surface area (Å²) < 4.78 is 0. The number of rotatable bonds is 5. The van der Waals surface area contributed by atoms with E-state index in [1.54, 1.807) is 0 Å². The Morgan fingerprint density at radius 1 is 0.595 bits per heavy atom. The Morgan fingerprint density at radius 3 is 1.92 bits per heavy atom. The molecule has 180 valence electrons. The van der Waals surface area contributed by atoms with Gasteiger partial charge in [-0.2, -0.15) is 0 Å². The molecule has 0 heterocycles. The average Bonchev–Trinajstić information content (AvgIpc) is 2.95. The molecule has 0 bridgehead atoms. The fourth-order valence-electron chi connectivity index (χ4n) is 5.31. The maximum Gasteiger partial charge on any atom is 0.0468 e. The topological polar surface area (TPSA) is 3.24 Å². The van der Waals surface area contributed by atoms with E-state index in [4.69, 9.17) is 0 Å². The third-order valence-corrected chi connectivity index (χ3v) is 7.51. The minimum absolute atomic E-state index is 0.0379. The second kappa shape index (κ2) is 9.59. The van der Waals surface area contributed by atoms with Gasteiger partial charge in [-0.1, -0.05) is 116 Å². The van der Waals surface area contributed by atoms with Crippen LogP contribution in [0, 0.1) is 6.92 Å². The van der Waals surface area contributed by atoms with Crippen molar-refractivity contribution in [2.75, 3.05) is 4.90 Å². The van der Waals surface area contributed by atoms with E-state index in [9.17, 15) is 0 Å². The quantitative estimate of drug-likeness (QED) is 0.243. The summed E-state index contributed by atoms with van der Waals surface area (Å²) in [7, 11) is 0. The molecule has 1 heteroatoms. The summed E-state index contributed by atoms with van der Waals surface area (Å²) in [6.07, 6.45) is 9.89. The second-order valence-corrected chi connectivity index (χ2v) is 10.2. The monoisotopic (exact) mass is 477 g/mol. The highest BCUT2D eigenvalue weighted by atomic mass is 15.1. The third-order valence-electron chi connectivity index (χ3n) is 7.51. The van der Waals surface area contributed by atoms with Crippen molar-refractivity contribution in [3.8, 4) is 11.1 Å². The summed E-state index contributed by atoms with van der Waals surface area (Å²) >= 11 is 0. The molecule has 1 atom stereocenters. The molecule has 0 saturated heterocycles. The summed E-state index contributed by atoms with van der Waals surface area (Å²) in [5, 5.41) is 2.51. The van der Waals surface area contributed by atoms with Crippen LogP contribution < -0.4 is 4.90 Å². The molecule has 6 rings (SSSR count). The van der Waals surface area contributed by atoms with Gasteiger partial charge < -0.3 is 4.90 Å². The van der Waals surface area contributed by atoms with Crippen molar-refractivity contribution >= 4 is 27.8 Å². The van der Waals surface area contributed by atoms with Gasteiger partial charge in [0.25, 0.3) is 0 Å². The Balaban J connectivity index is 1.43. The van der Waals surface area contributed by atoms with Crippen molar-refractivity contribution in [1.82, 2.24) is 0 Å². The van der Waals surface area contributed by atoms with Crippen LogP contribution in [0.2, 0.25) is 0 Å². The second-order valence-electron chi connectivity index (χ2n) is 10.2. The van der Waals surface area contributed by atoms with Gasteiger partial charge in [0.05, 0.1) is 0 Å². The van der Waals surface area contributed by atoms with Gasteiger partial charge in [0, 0.05) is 22.5 Å². The zero-order chi connectivity index (χ0) is 25.2. The minimum atomic E-state index is 0.0379. The average molecular weight is 478 g/mol. The fourth-order valence-corrected chi connectivity index (χ4v) is 5.31. The maximum absolute atomic E-state index is 2.36. The fraction of sp³-hybridized carbons (Fsp3) is 0.111. The number of nitrogens with zero attached hydrogens (tertiary/aromatic N) is 1. The zero-order valence-corrected chi connectivity index (χ0v) is 21.4. The molecule has 0 aliphatic heterocycles. The molecule has 0 spiro atoms. The zero-order valence-electron chi connectivity index (χ0n) is 21.4. The lowest BCUT2D eigenvalue weighted by atomic mass is 9.77. The Bertz CT molecular complexity index is 1590. The molecule has 1 aliphatic carbocycles. The summed E-state index contributed by atoms with van der Waals surface area (Å²) in [6.45, 7) is 4.46. The highest BCUT2D eigenvalue weighted by molar-refractivity contribution is 5.90. The van der Waals surface area contributed by atoms with E-state index in [1.807, 2.05) is 0 Å². The van der Waals surface area contributed by atoms with Gasteiger partial charge in [-0.3, -0.25) is 0 Å². The first kappa shape index (κ1) is 23.1. The smallest absolute Gasteiger partial charge is 0.0468 e. The van der Waals surface area contributed by atoms with E-state index >= 15 is 0 Å². The van der Waals surface area contributed by atoms with Gasteiger partial charge in [-0.15, -0.1) is 0 Å². The highest BCUT2D eigenvalue weighted by Crippen LogP contribution is 2.39. The minimum Gasteiger partial charge on any atom is -0.310 e. The summed E-state index contributed by atoms with van der Waals surface area (Å²) in [6, 6.07) is 42.0. The molecule has 1 unspecified atom stereocenters. The Kier molecular flexibility index (Phi) is 5.98. The van der Waals surface area contributed by atoms with Crippen molar-refractivity contribution in [2.24, 2.45) is 0 Å². The first-order chi connectivity index (χ1) is 18.1. The molecule has 0 N–H and O–H groups in total. The van der Waals surface area contributed by atoms with Crippen molar-refractivity contribution in [2.45, 2.75) is 25.7 Å². The highest BCUT2D eigenvalue weighted by Gasteiger charge is 2.24. The lowest BCUT2D eigenvalue weighted by molar-refractivity contribution is 0.600. The molecule has 37 heavy (non-hydrogen) atoms. The number of anilines is 3. The lowest BCUT2D eigenvalue weighted by Gasteiger charge is -2.29. The number of benzene rings is 5. The Labute approximate surface area is 220 Å². The van der Waals surface area contributed by atoms with E-state index in [2.05, 4.69) is 158 Å². The van der Waals surface area contributed by atoms with Crippen LogP contribution in [0.25, 0.3) is 21.9 Å². The van der Waals surface area contributed by atoms with Crippen molar-refractivity contribution in [1.29, 1.82) is 0 Å². The molecule has 0 fully saturated rings. The molecule has 0 aromatic heterocycles. The van der Waals surface area contributed by atoms with Crippen LogP contribution in [0.15, 0.2) is 140 Å². The molecule has 5 aromatic carbocycles. The van der Waals surface area contributed by atoms with E-state index in [-0.39, 0.29) is 5.41 Å². The van der Waals surface area contributed by atoms with Crippen LogP contribution in [-0.4, -0.2) is 0 Å². The van der Waals surface area contributed by atoms with Crippen LogP contribution in [0.4, 0.5) is 17.1 Å². The molecule has 5 aromatic rings. The van der Waals surface area contributed by atoms with Crippen LogP contribution in [0.3, 0.4) is 0 Å². The summed E-state index contributed by atoms with van der Waals surface area (Å²) in [4.78, 5) is 2.36. The van der Waals surface area contributed by atoms with Crippen LogP contribution in [0.5, 0.6) is 0 Å². The Morgan fingerprint density at radius 2 is 1.22 bits per heavy atom. The van der Waals surface area contributed by atoms with E-state index in [0.29, 0.717) is 0 Å². The number of allylic oxidation sites excluding steroid dienone is 4. The van der Waals surface area contributed by atoms with Crippen molar-refractivity contribution in [3.63, 3.8) is 0 Å². The number of hydrogen-bond acceptors (Lipinski definition) is 1. The van der Waals surface area contributed by atoms with Gasteiger partial charge in [0.15, 0.2) is 0 Å². The normalized spacial score (nSPS) is 16.7. The summed E-state index contributed by atoms with van der Waals surface area (Å²) in [5.74, 6) is 0. The van der Waals surface area contributed by atoms with E-state index in [1.165, 1.54) is 33.0 Å². The predicted octanol–water partition coefficient (Wildman–Crippen LogP) is 10.1. The molecular weight excluding hydrogens is 446 g/mol. The molecule has 0 saturated carbocycles. The third kappa shape index (κ3) is 4.61. The van der Waals surface area contributed by atoms with Gasteiger partial charge >= 0.3 is 0 Å². The predicted molar refractivity (Wildman–Crippen MR) is 159 cm³/mol. The maximum atomic E-state index is 2.36. The van der Waals surface area contributed by atoms with Crippen LogP contribution in [0.1, 0.15) is 24.5 Å². The Hall–Kier alpha value is -4.36. The lowest BCUT2D eigenvalue weighted by Crippen LogP contribution is -2.19. The molecule has 1 nitrogen and oxygen atoms in total. The number of hydrogen-bond donors (Lipinski definition) is 0. The number of fused-ring (bicyclic) bond motifs is 1. The molecule has 0 amide bonds. The van der Waals surface area contributed by atoms with Gasteiger partial charge in [-0.25, -0.2) is 0 Å². The first-order valence-electron chi connectivity index (χ1n) is 13.0. The molecule has 0 radical (unpaired) electrons. The van der Waals surface area contributed by atoms with Gasteiger partial charge in [-0.05, 0) is 77.2 Å². The first-order valence-corrected chi connectivity index (χ1v) is 13.0. The van der Waals surface area contributed by atoms with Gasteiger partial charge in [0.2, 0.25) is 0 Å². The van der Waals surface area contributed by atoms with Crippen molar-refractivity contribution in [3.05, 3.63) is 151 Å². The van der Waals surface area contributed by atoms with Gasteiger partial charge in [0.1, 0.15) is 0 Å². The molecule has 1 aliphatic rings. The largest absolute Gasteiger partial charge is 0.310 e. The summed E-state index contributed by atoms with van der Waals surface area (Å²) in [5.41, 5.74) is 8.56. The van der Waals surface area contributed by atoms with Crippen molar-refractivity contribution < 1.29 is 0 Å². The SMILES string of the molecule is Cc1ccc2cc(N(c3ccc(-c4ccccc4)cc3)c3ccc(C4(C)C=CC=CC4)cc3)ccc2c1.